The first-order valence-electron chi connectivity index (χ1n) is 9.57. The maximum absolute atomic E-state index is 9.18. The molecule has 0 aliphatic rings. The van der Waals surface area contributed by atoms with Crippen molar-refractivity contribution in [3.8, 4) is 11.5 Å². The second kappa shape index (κ2) is 13.3. The van der Waals surface area contributed by atoms with Gasteiger partial charge in [0, 0.05) is 19.7 Å². The van der Waals surface area contributed by atoms with Gasteiger partial charge in [0.2, 0.25) is 0 Å². The summed E-state index contributed by atoms with van der Waals surface area (Å²) in [7, 11) is 1.64. The first-order valence-corrected chi connectivity index (χ1v) is 9.57. The Bertz CT molecular complexity index is 517. The number of guanidine groups is 1. The molecule has 0 saturated heterocycles. The third kappa shape index (κ3) is 8.43. The van der Waals surface area contributed by atoms with E-state index in [1.54, 1.807) is 7.11 Å². The number of aliphatic imine (C=N–C) groups is 1. The number of para-hydroxylation sites is 2. The molecule has 0 amide bonds. The van der Waals surface area contributed by atoms with Gasteiger partial charge in [0.05, 0.1) is 13.7 Å². The summed E-state index contributed by atoms with van der Waals surface area (Å²) in [5.41, 5.74) is 0. The molecule has 3 N–H and O–H groups in total. The summed E-state index contributed by atoms with van der Waals surface area (Å²) in [6.07, 6.45) is 2.94. The molecule has 1 rings (SSSR count). The van der Waals surface area contributed by atoms with Crippen molar-refractivity contribution in [2.45, 2.75) is 46.1 Å². The van der Waals surface area contributed by atoms with Crippen molar-refractivity contribution < 1.29 is 14.6 Å². The van der Waals surface area contributed by atoms with Crippen molar-refractivity contribution in [3.05, 3.63) is 24.3 Å². The van der Waals surface area contributed by atoms with E-state index in [4.69, 9.17) is 9.47 Å². The Morgan fingerprint density at radius 3 is 2.50 bits per heavy atom. The minimum atomic E-state index is -0.0426. The fraction of sp³-hybridized carbons (Fsp3) is 0.650. The van der Waals surface area contributed by atoms with Crippen LogP contribution in [0.2, 0.25) is 0 Å². The van der Waals surface area contributed by atoms with E-state index in [9.17, 15) is 5.11 Å². The Kier molecular flexibility index (Phi) is 11.3. The summed E-state index contributed by atoms with van der Waals surface area (Å²) >= 11 is 0. The number of rotatable bonds is 12. The van der Waals surface area contributed by atoms with E-state index in [1.165, 1.54) is 0 Å². The number of nitrogens with zero attached hydrogens (tertiary/aromatic N) is 1. The molecule has 0 spiro atoms. The van der Waals surface area contributed by atoms with Gasteiger partial charge < -0.3 is 25.2 Å². The van der Waals surface area contributed by atoms with E-state index in [0.29, 0.717) is 19.0 Å². The molecular formula is C20H35N3O3. The molecule has 0 bridgehead atoms. The molecule has 1 aromatic carbocycles. The number of hydrogen-bond acceptors (Lipinski definition) is 4. The van der Waals surface area contributed by atoms with E-state index in [2.05, 4.69) is 22.5 Å². The molecule has 0 aromatic heterocycles. The van der Waals surface area contributed by atoms with Gasteiger partial charge in [0.25, 0.3) is 0 Å². The van der Waals surface area contributed by atoms with Crippen LogP contribution in [0.3, 0.4) is 0 Å². The molecule has 6 nitrogen and oxygen atoms in total. The maximum atomic E-state index is 9.18. The largest absolute Gasteiger partial charge is 0.493 e. The highest BCUT2D eigenvalue weighted by atomic mass is 16.5. The minimum absolute atomic E-state index is 0.0426. The Balaban J connectivity index is 2.56. The number of aliphatic hydroxyl groups excluding tert-OH is 1. The molecule has 2 unspecified atom stereocenters. The van der Waals surface area contributed by atoms with Gasteiger partial charge in [0.1, 0.15) is 6.10 Å². The summed E-state index contributed by atoms with van der Waals surface area (Å²) in [4.78, 5) is 4.67. The molecule has 0 heterocycles. The normalized spacial score (nSPS) is 13.8. The van der Waals surface area contributed by atoms with Crippen LogP contribution in [0.15, 0.2) is 29.3 Å². The summed E-state index contributed by atoms with van der Waals surface area (Å²) in [5.74, 6) is 2.66. The molecule has 0 saturated carbocycles. The van der Waals surface area contributed by atoms with Crippen LogP contribution in [0, 0.1) is 5.92 Å². The Hall–Kier alpha value is -1.95. The monoisotopic (exact) mass is 365 g/mol. The molecule has 0 fully saturated rings. The molecule has 0 aliphatic carbocycles. The summed E-state index contributed by atoms with van der Waals surface area (Å²) in [6.45, 7) is 8.57. The quantitative estimate of drug-likeness (QED) is 0.392. The summed E-state index contributed by atoms with van der Waals surface area (Å²) in [5, 5.41) is 15.8. The van der Waals surface area contributed by atoms with Crippen LogP contribution in [0.1, 0.15) is 40.0 Å². The maximum Gasteiger partial charge on any atom is 0.191 e. The predicted octanol–water partition coefficient (Wildman–Crippen LogP) is 2.82. The van der Waals surface area contributed by atoms with Crippen LogP contribution in [0.25, 0.3) is 0 Å². The van der Waals surface area contributed by atoms with E-state index >= 15 is 0 Å². The van der Waals surface area contributed by atoms with Crippen molar-refractivity contribution >= 4 is 5.96 Å². The highest BCUT2D eigenvalue weighted by Gasteiger charge is 2.10. The molecule has 0 radical (unpaired) electrons. The van der Waals surface area contributed by atoms with Crippen molar-refractivity contribution in [1.29, 1.82) is 0 Å². The first kappa shape index (κ1) is 22.1. The van der Waals surface area contributed by atoms with Gasteiger partial charge in [-0.15, -0.1) is 0 Å². The number of benzene rings is 1. The molecule has 26 heavy (non-hydrogen) atoms. The van der Waals surface area contributed by atoms with Gasteiger partial charge >= 0.3 is 0 Å². The van der Waals surface area contributed by atoms with Gasteiger partial charge in [-0.2, -0.15) is 0 Å². The molecule has 1 aromatic rings. The van der Waals surface area contributed by atoms with E-state index in [0.717, 1.165) is 43.3 Å². The number of aliphatic hydroxyl groups is 1. The van der Waals surface area contributed by atoms with Gasteiger partial charge in [-0.1, -0.05) is 25.5 Å². The lowest BCUT2D eigenvalue weighted by atomic mass is 10.0. The topological polar surface area (TPSA) is 75.1 Å². The first-order chi connectivity index (χ1) is 12.6. The smallest absolute Gasteiger partial charge is 0.191 e. The van der Waals surface area contributed by atoms with Gasteiger partial charge in [0.15, 0.2) is 17.5 Å². The Labute approximate surface area is 158 Å². The number of methoxy groups -OCH3 is 1. The highest BCUT2D eigenvalue weighted by Crippen LogP contribution is 2.26. The van der Waals surface area contributed by atoms with E-state index < -0.39 is 0 Å². The lowest BCUT2D eigenvalue weighted by Crippen LogP contribution is -2.42. The van der Waals surface area contributed by atoms with Crippen LogP contribution in [0.4, 0.5) is 0 Å². The number of hydrogen-bond donors (Lipinski definition) is 3. The fourth-order valence-corrected chi connectivity index (χ4v) is 2.69. The van der Waals surface area contributed by atoms with Gasteiger partial charge in [-0.3, -0.25) is 4.99 Å². The Morgan fingerprint density at radius 1 is 1.15 bits per heavy atom. The van der Waals surface area contributed by atoms with E-state index in [1.807, 2.05) is 38.1 Å². The van der Waals surface area contributed by atoms with Crippen molar-refractivity contribution in [3.63, 3.8) is 0 Å². The molecule has 2 atom stereocenters. The van der Waals surface area contributed by atoms with Crippen molar-refractivity contribution in [1.82, 2.24) is 10.6 Å². The second-order valence-corrected chi connectivity index (χ2v) is 6.35. The summed E-state index contributed by atoms with van der Waals surface area (Å²) < 4.78 is 11.3. The molecule has 6 heteroatoms. The van der Waals surface area contributed by atoms with Crippen LogP contribution in [-0.2, 0) is 0 Å². The predicted molar refractivity (Wildman–Crippen MR) is 107 cm³/mol. The lowest BCUT2D eigenvalue weighted by molar-refractivity contribution is 0.213. The molecule has 0 aliphatic heterocycles. The average molecular weight is 366 g/mol. The lowest BCUT2D eigenvalue weighted by Gasteiger charge is -2.19. The summed E-state index contributed by atoms with van der Waals surface area (Å²) in [6, 6.07) is 7.64. The van der Waals surface area contributed by atoms with Crippen LogP contribution in [-0.4, -0.2) is 50.5 Å². The number of ether oxygens (including phenoxy) is 2. The standard InChI is InChI=1S/C20H35N3O3/c1-5-9-17(12-13-24)15-23-20(21-6-2)22-14-16(3)26-19-11-8-7-10-18(19)25-4/h7-8,10-11,16-17,24H,5-6,9,12-15H2,1-4H3,(H2,21,22,23). The van der Waals surface area contributed by atoms with E-state index in [-0.39, 0.29) is 12.7 Å². The minimum Gasteiger partial charge on any atom is -0.493 e. The molecular weight excluding hydrogens is 330 g/mol. The van der Waals surface area contributed by atoms with Crippen molar-refractivity contribution in [2.75, 3.05) is 33.4 Å². The second-order valence-electron chi connectivity index (χ2n) is 6.35. The Morgan fingerprint density at radius 2 is 1.88 bits per heavy atom. The highest BCUT2D eigenvalue weighted by molar-refractivity contribution is 5.79. The zero-order valence-electron chi connectivity index (χ0n) is 16.6. The molecule has 148 valence electrons. The van der Waals surface area contributed by atoms with Crippen LogP contribution < -0.4 is 20.1 Å². The fourth-order valence-electron chi connectivity index (χ4n) is 2.69. The van der Waals surface area contributed by atoms with Crippen LogP contribution >= 0.6 is 0 Å². The van der Waals surface area contributed by atoms with Gasteiger partial charge in [-0.05, 0) is 44.7 Å². The van der Waals surface area contributed by atoms with Crippen LogP contribution in [0.5, 0.6) is 11.5 Å². The SMILES string of the molecule is CCCC(CCO)CN=C(NCC)NCC(C)Oc1ccccc1OC. The zero-order chi connectivity index (χ0) is 19.2. The van der Waals surface area contributed by atoms with Crippen molar-refractivity contribution in [2.24, 2.45) is 10.9 Å². The zero-order valence-corrected chi connectivity index (χ0v) is 16.6. The van der Waals surface area contributed by atoms with Gasteiger partial charge in [-0.25, -0.2) is 0 Å². The average Bonchev–Trinajstić information content (AvgIpc) is 2.64. The third-order valence-corrected chi connectivity index (χ3v) is 4.04. The number of nitrogens with one attached hydrogen (secondary N) is 2. The third-order valence-electron chi connectivity index (χ3n) is 4.04.